The molecule has 1 aromatic rings. The van der Waals surface area contributed by atoms with E-state index >= 15 is 0 Å². The molecular weight excluding hydrogens is 290 g/mol. The van der Waals surface area contributed by atoms with Crippen molar-refractivity contribution in [3.8, 4) is 0 Å². The minimum absolute atomic E-state index is 0.0156. The number of nitrogens with zero attached hydrogens (tertiary/aromatic N) is 2. The van der Waals surface area contributed by atoms with E-state index in [4.69, 9.17) is 5.73 Å². The monoisotopic (exact) mass is 311 g/mol. The highest BCUT2D eigenvalue weighted by Gasteiger charge is 2.30. The maximum atomic E-state index is 12.6. The number of nitrogens with two attached hydrogens (primary N) is 1. The Hall–Kier alpha value is -1.83. The van der Waals surface area contributed by atoms with Crippen LogP contribution in [0.3, 0.4) is 0 Å². The molecule has 7 nitrogen and oxygen atoms in total. The van der Waals surface area contributed by atoms with Crippen LogP contribution in [0, 0.1) is 5.92 Å². The molecule has 2 heterocycles. The number of hydrogen-bond acceptors (Lipinski definition) is 6. The van der Waals surface area contributed by atoms with E-state index in [9.17, 15) is 9.59 Å². The minimum atomic E-state index is -0.143. The van der Waals surface area contributed by atoms with Gasteiger partial charge in [0.2, 0.25) is 5.91 Å². The molecule has 1 fully saturated rings. The van der Waals surface area contributed by atoms with Gasteiger partial charge in [-0.25, -0.2) is 4.98 Å². The summed E-state index contributed by atoms with van der Waals surface area (Å²) in [5, 5.41) is 6.35. The van der Waals surface area contributed by atoms with Crippen molar-refractivity contribution in [2.75, 3.05) is 37.7 Å². The van der Waals surface area contributed by atoms with Crippen molar-refractivity contribution in [3.05, 3.63) is 4.88 Å². The molecule has 0 aliphatic carbocycles. The van der Waals surface area contributed by atoms with Gasteiger partial charge in [-0.15, -0.1) is 0 Å². The van der Waals surface area contributed by atoms with Crippen molar-refractivity contribution in [1.82, 2.24) is 15.2 Å². The molecule has 1 aromatic heterocycles. The number of thiazole rings is 1. The molecule has 116 valence electrons. The summed E-state index contributed by atoms with van der Waals surface area (Å²) in [5.74, 6) is -0.0426. The molecule has 8 heteroatoms. The number of anilines is 2. The summed E-state index contributed by atoms with van der Waals surface area (Å²) in [6.07, 6.45) is 1.63. The third-order valence-corrected chi connectivity index (χ3v) is 4.52. The summed E-state index contributed by atoms with van der Waals surface area (Å²) < 4.78 is 0. The molecule has 0 radical (unpaired) electrons. The smallest absolute Gasteiger partial charge is 0.267 e. The van der Waals surface area contributed by atoms with Crippen LogP contribution in [-0.4, -0.2) is 48.4 Å². The molecule has 1 unspecified atom stereocenters. The van der Waals surface area contributed by atoms with Crippen molar-refractivity contribution in [2.45, 2.75) is 19.8 Å². The molecule has 1 aliphatic rings. The fourth-order valence-corrected chi connectivity index (χ4v) is 3.36. The molecule has 2 rings (SSSR count). The zero-order valence-electron chi connectivity index (χ0n) is 12.3. The first-order chi connectivity index (χ1) is 10.1. The standard InChI is InChI=1S/C13H21N5O2S/c1-3-16-13-17-10(14)9(21-13)12(20)18-6-4-5-8(7-18)11(19)15-2/h8H,3-7,14H2,1-2H3,(H,15,19)(H,16,17). The van der Waals surface area contributed by atoms with Gasteiger partial charge in [0.15, 0.2) is 5.13 Å². The van der Waals surface area contributed by atoms with E-state index in [0.29, 0.717) is 23.1 Å². The number of carbonyl (C=O) groups is 2. The van der Waals surface area contributed by atoms with E-state index in [-0.39, 0.29) is 23.6 Å². The SMILES string of the molecule is CCNc1nc(N)c(C(=O)N2CCCC(C(=O)NC)C2)s1. The maximum absolute atomic E-state index is 12.6. The zero-order chi connectivity index (χ0) is 15.4. The van der Waals surface area contributed by atoms with Gasteiger partial charge in [-0.3, -0.25) is 9.59 Å². The second kappa shape index (κ2) is 6.75. The quantitative estimate of drug-likeness (QED) is 0.762. The Morgan fingerprint density at radius 2 is 2.29 bits per heavy atom. The van der Waals surface area contributed by atoms with Crippen molar-refractivity contribution >= 4 is 34.1 Å². The molecule has 4 N–H and O–H groups in total. The number of rotatable bonds is 4. The lowest BCUT2D eigenvalue weighted by Crippen LogP contribution is -2.44. The fourth-order valence-electron chi connectivity index (χ4n) is 2.44. The van der Waals surface area contributed by atoms with Gasteiger partial charge in [0.1, 0.15) is 10.7 Å². The molecule has 0 spiro atoms. The van der Waals surface area contributed by atoms with E-state index < -0.39 is 0 Å². The van der Waals surface area contributed by atoms with Gasteiger partial charge in [0.05, 0.1) is 5.92 Å². The lowest BCUT2D eigenvalue weighted by atomic mass is 9.97. The first-order valence-corrected chi connectivity index (χ1v) is 7.89. The number of carbonyl (C=O) groups excluding carboxylic acids is 2. The fraction of sp³-hybridized carbons (Fsp3) is 0.615. The Balaban J connectivity index is 2.10. The largest absolute Gasteiger partial charge is 0.382 e. The van der Waals surface area contributed by atoms with Crippen molar-refractivity contribution in [2.24, 2.45) is 5.92 Å². The van der Waals surface area contributed by atoms with E-state index in [1.165, 1.54) is 11.3 Å². The summed E-state index contributed by atoms with van der Waals surface area (Å²) in [7, 11) is 1.62. The summed E-state index contributed by atoms with van der Waals surface area (Å²) in [6.45, 7) is 3.77. The van der Waals surface area contributed by atoms with Crippen LogP contribution in [0.1, 0.15) is 29.4 Å². The first-order valence-electron chi connectivity index (χ1n) is 7.07. The van der Waals surface area contributed by atoms with Gasteiger partial charge >= 0.3 is 0 Å². The van der Waals surface area contributed by atoms with Crippen molar-refractivity contribution in [1.29, 1.82) is 0 Å². The highest BCUT2D eigenvalue weighted by atomic mass is 32.1. The van der Waals surface area contributed by atoms with Crippen LogP contribution in [0.5, 0.6) is 0 Å². The van der Waals surface area contributed by atoms with E-state index in [1.54, 1.807) is 11.9 Å². The number of piperidine rings is 1. The molecule has 1 atom stereocenters. The third kappa shape index (κ3) is 3.44. The Labute approximate surface area is 127 Å². The molecule has 2 amide bonds. The van der Waals surface area contributed by atoms with Gasteiger partial charge in [0.25, 0.3) is 5.91 Å². The Bertz CT molecular complexity index is 531. The van der Waals surface area contributed by atoms with Crippen LogP contribution in [0.25, 0.3) is 0 Å². The van der Waals surface area contributed by atoms with Gasteiger partial charge in [0, 0.05) is 26.7 Å². The number of hydrogen-bond donors (Lipinski definition) is 3. The first kappa shape index (κ1) is 15.6. The van der Waals surface area contributed by atoms with Crippen molar-refractivity contribution < 1.29 is 9.59 Å². The van der Waals surface area contributed by atoms with Gasteiger partial charge in [-0.2, -0.15) is 0 Å². The molecule has 0 bridgehead atoms. The summed E-state index contributed by atoms with van der Waals surface area (Å²) in [6, 6.07) is 0. The van der Waals surface area contributed by atoms with Crippen LogP contribution < -0.4 is 16.4 Å². The summed E-state index contributed by atoms with van der Waals surface area (Å²) >= 11 is 1.26. The molecule has 1 saturated heterocycles. The minimum Gasteiger partial charge on any atom is -0.382 e. The molecule has 21 heavy (non-hydrogen) atoms. The topological polar surface area (TPSA) is 100 Å². The Kier molecular flexibility index (Phi) is 5.00. The normalized spacial score (nSPS) is 18.4. The summed E-state index contributed by atoms with van der Waals surface area (Å²) in [4.78, 5) is 30.6. The number of amides is 2. The average molecular weight is 311 g/mol. The predicted molar refractivity (Wildman–Crippen MR) is 83.4 cm³/mol. The average Bonchev–Trinajstić information content (AvgIpc) is 2.87. The van der Waals surface area contributed by atoms with Crippen LogP contribution in [-0.2, 0) is 4.79 Å². The van der Waals surface area contributed by atoms with E-state index in [0.717, 1.165) is 19.4 Å². The molecule has 0 saturated carbocycles. The van der Waals surface area contributed by atoms with Gasteiger partial charge in [-0.1, -0.05) is 11.3 Å². The highest BCUT2D eigenvalue weighted by molar-refractivity contribution is 7.18. The molecule has 0 aromatic carbocycles. The zero-order valence-corrected chi connectivity index (χ0v) is 13.1. The number of aromatic nitrogens is 1. The van der Waals surface area contributed by atoms with Crippen LogP contribution in [0.15, 0.2) is 0 Å². The third-order valence-electron chi connectivity index (χ3n) is 3.50. The second-order valence-electron chi connectivity index (χ2n) is 4.97. The maximum Gasteiger partial charge on any atom is 0.267 e. The Morgan fingerprint density at radius 1 is 1.52 bits per heavy atom. The molecule has 1 aliphatic heterocycles. The van der Waals surface area contributed by atoms with Gasteiger partial charge < -0.3 is 21.3 Å². The van der Waals surface area contributed by atoms with Crippen LogP contribution in [0.4, 0.5) is 10.9 Å². The van der Waals surface area contributed by atoms with Crippen molar-refractivity contribution in [3.63, 3.8) is 0 Å². The van der Waals surface area contributed by atoms with Crippen LogP contribution in [0.2, 0.25) is 0 Å². The predicted octanol–water partition coefficient (Wildman–Crippen LogP) is 0.755. The Morgan fingerprint density at radius 3 is 2.95 bits per heavy atom. The second-order valence-corrected chi connectivity index (χ2v) is 5.97. The van der Waals surface area contributed by atoms with Gasteiger partial charge in [-0.05, 0) is 19.8 Å². The number of likely N-dealkylation sites (tertiary alicyclic amines) is 1. The molecular formula is C13H21N5O2S. The van der Waals surface area contributed by atoms with Crippen LogP contribution >= 0.6 is 11.3 Å². The van der Waals surface area contributed by atoms with E-state index in [1.807, 2.05) is 6.92 Å². The lowest BCUT2D eigenvalue weighted by Gasteiger charge is -2.31. The highest BCUT2D eigenvalue weighted by Crippen LogP contribution is 2.28. The lowest BCUT2D eigenvalue weighted by molar-refractivity contribution is -0.125. The summed E-state index contributed by atoms with van der Waals surface area (Å²) in [5.41, 5.74) is 5.83. The number of nitrogens with one attached hydrogen (secondary N) is 2. The van der Waals surface area contributed by atoms with E-state index in [2.05, 4.69) is 15.6 Å². The number of nitrogen functional groups attached to an aromatic ring is 1.